The second kappa shape index (κ2) is 9.75. The number of hydrogen-bond acceptors (Lipinski definition) is 6. The van der Waals surface area contributed by atoms with Crippen LogP contribution in [-0.4, -0.2) is 91.0 Å². The Kier molecular flexibility index (Phi) is 6.72. The molecular formula is C24H32F3N5O2. The molecule has 7 nitrogen and oxygen atoms in total. The van der Waals surface area contributed by atoms with Gasteiger partial charge in [0.05, 0.1) is 18.9 Å². The number of benzene rings is 1. The van der Waals surface area contributed by atoms with E-state index in [1.54, 1.807) is 16.8 Å². The van der Waals surface area contributed by atoms with Gasteiger partial charge in [0, 0.05) is 63.6 Å². The van der Waals surface area contributed by atoms with Crippen LogP contribution in [0.15, 0.2) is 30.3 Å². The summed E-state index contributed by atoms with van der Waals surface area (Å²) >= 11 is 0. The standard InChI is InChI=1S/C24H32F3N5O2/c1-18-14-23(28-32(18)20-4-6-22(7-5-20)34-24(25,26)27)31-9-8-30-16-19(2-3-21(30)17-31)15-29-10-12-33-13-11-29/h4-7,14,19,21H,2-3,8-13,15-17H2,1H3. The third-order valence-corrected chi connectivity index (χ3v) is 7.14. The molecule has 1 aromatic carbocycles. The van der Waals surface area contributed by atoms with Crippen molar-refractivity contribution in [2.45, 2.75) is 32.2 Å². The molecule has 3 saturated heterocycles. The fraction of sp³-hybridized carbons (Fsp3) is 0.625. The van der Waals surface area contributed by atoms with Gasteiger partial charge in [0.15, 0.2) is 5.82 Å². The van der Waals surface area contributed by atoms with Gasteiger partial charge in [0.25, 0.3) is 0 Å². The Bertz CT molecular complexity index is 959. The minimum Gasteiger partial charge on any atom is -0.406 e. The van der Waals surface area contributed by atoms with Crippen LogP contribution in [0.4, 0.5) is 19.0 Å². The quantitative estimate of drug-likeness (QED) is 0.656. The number of rotatable bonds is 5. The van der Waals surface area contributed by atoms with Gasteiger partial charge in [0.2, 0.25) is 0 Å². The van der Waals surface area contributed by atoms with E-state index < -0.39 is 6.36 Å². The molecule has 0 bridgehead atoms. The first kappa shape index (κ1) is 23.4. The zero-order valence-corrected chi connectivity index (χ0v) is 19.5. The van der Waals surface area contributed by atoms with E-state index in [1.165, 1.54) is 31.5 Å². The van der Waals surface area contributed by atoms with Crippen molar-refractivity contribution in [3.05, 3.63) is 36.0 Å². The van der Waals surface area contributed by atoms with Gasteiger partial charge in [-0.2, -0.15) is 5.10 Å². The molecule has 186 valence electrons. The molecule has 0 spiro atoms. The molecule has 0 N–H and O–H groups in total. The van der Waals surface area contributed by atoms with Gasteiger partial charge in [0.1, 0.15) is 5.75 Å². The van der Waals surface area contributed by atoms with Crippen LogP contribution in [0.25, 0.3) is 5.69 Å². The Morgan fingerprint density at radius 3 is 2.53 bits per heavy atom. The molecule has 3 aliphatic rings. The van der Waals surface area contributed by atoms with E-state index in [2.05, 4.69) is 25.5 Å². The third kappa shape index (κ3) is 5.50. The molecule has 4 heterocycles. The van der Waals surface area contributed by atoms with E-state index in [0.717, 1.165) is 69.9 Å². The van der Waals surface area contributed by atoms with Gasteiger partial charge >= 0.3 is 6.36 Å². The molecule has 3 fully saturated rings. The van der Waals surface area contributed by atoms with Crippen LogP contribution >= 0.6 is 0 Å². The van der Waals surface area contributed by atoms with Crippen molar-refractivity contribution in [3.63, 3.8) is 0 Å². The number of morpholine rings is 1. The number of anilines is 1. The monoisotopic (exact) mass is 479 g/mol. The zero-order valence-electron chi connectivity index (χ0n) is 19.5. The molecule has 10 heteroatoms. The molecule has 5 rings (SSSR count). The summed E-state index contributed by atoms with van der Waals surface area (Å²) in [6.07, 6.45) is -2.24. The van der Waals surface area contributed by atoms with E-state index in [1.807, 2.05) is 6.92 Å². The number of ether oxygens (including phenoxy) is 2. The predicted molar refractivity (Wildman–Crippen MR) is 123 cm³/mol. The average Bonchev–Trinajstić information content (AvgIpc) is 3.20. The predicted octanol–water partition coefficient (Wildman–Crippen LogP) is 3.31. The summed E-state index contributed by atoms with van der Waals surface area (Å²) in [5.41, 5.74) is 1.65. The summed E-state index contributed by atoms with van der Waals surface area (Å²) in [6, 6.07) is 8.42. The molecule has 0 saturated carbocycles. The number of fused-ring (bicyclic) bond motifs is 1. The molecular weight excluding hydrogens is 447 g/mol. The molecule has 2 atom stereocenters. The lowest BCUT2D eigenvalue weighted by atomic mass is 9.90. The normalized spacial score (nSPS) is 24.8. The third-order valence-electron chi connectivity index (χ3n) is 7.14. The van der Waals surface area contributed by atoms with Crippen molar-refractivity contribution in [3.8, 4) is 11.4 Å². The number of aryl methyl sites for hydroxylation is 1. The van der Waals surface area contributed by atoms with E-state index in [4.69, 9.17) is 9.84 Å². The van der Waals surface area contributed by atoms with Crippen molar-refractivity contribution in [1.29, 1.82) is 0 Å². The highest BCUT2D eigenvalue weighted by atomic mass is 19.4. The first-order valence-electron chi connectivity index (χ1n) is 12.1. The van der Waals surface area contributed by atoms with Crippen molar-refractivity contribution >= 4 is 5.82 Å². The van der Waals surface area contributed by atoms with Crippen LogP contribution in [0, 0.1) is 12.8 Å². The number of aromatic nitrogens is 2. The van der Waals surface area contributed by atoms with Crippen molar-refractivity contribution in [1.82, 2.24) is 19.6 Å². The summed E-state index contributed by atoms with van der Waals surface area (Å²) in [5, 5.41) is 4.78. The van der Waals surface area contributed by atoms with E-state index >= 15 is 0 Å². The molecule has 0 aliphatic carbocycles. The second-order valence-corrected chi connectivity index (χ2v) is 9.55. The first-order chi connectivity index (χ1) is 16.3. The van der Waals surface area contributed by atoms with Crippen LogP contribution in [0.5, 0.6) is 5.75 Å². The molecule has 0 amide bonds. The fourth-order valence-electron chi connectivity index (χ4n) is 5.43. The minimum absolute atomic E-state index is 0.235. The highest BCUT2D eigenvalue weighted by Gasteiger charge is 2.34. The van der Waals surface area contributed by atoms with Crippen LogP contribution in [0.1, 0.15) is 18.5 Å². The fourth-order valence-corrected chi connectivity index (χ4v) is 5.43. The molecule has 2 unspecified atom stereocenters. The summed E-state index contributed by atoms with van der Waals surface area (Å²) in [7, 11) is 0. The summed E-state index contributed by atoms with van der Waals surface area (Å²) < 4.78 is 48.5. The Balaban J connectivity index is 1.19. The number of alkyl halides is 3. The Morgan fingerprint density at radius 2 is 1.79 bits per heavy atom. The summed E-state index contributed by atoms with van der Waals surface area (Å²) in [4.78, 5) is 7.53. The van der Waals surface area contributed by atoms with Crippen molar-refractivity contribution in [2.75, 3.05) is 63.9 Å². The Morgan fingerprint density at radius 1 is 1.03 bits per heavy atom. The SMILES string of the molecule is Cc1cc(N2CCN3CC(CN4CCOCC4)CCC3C2)nn1-c1ccc(OC(F)(F)F)cc1. The van der Waals surface area contributed by atoms with Crippen LogP contribution in [-0.2, 0) is 4.74 Å². The zero-order chi connectivity index (χ0) is 23.7. The summed E-state index contributed by atoms with van der Waals surface area (Å²) in [5.74, 6) is 1.41. The lowest BCUT2D eigenvalue weighted by Gasteiger charge is -2.47. The van der Waals surface area contributed by atoms with Gasteiger partial charge in [-0.15, -0.1) is 13.2 Å². The van der Waals surface area contributed by atoms with Gasteiger partial charge < -0.3 is 14.4 Å². The van der Waals surface area contributed by atoms with Gasteiger partial charge in [-0.1, -0.05) is 0 Å². The first-order valence-corrected chi connectivity index (χ1v) is 12.1. The number of nitrogens with zero attached hydrogens (tertiary/aromatic N) is 5. The largest absolute Gasteiger partial charge is 0.573 e. The molecule has 0 radical (unpaired) electrons. The van der Waals surface area contributed by atoms with Crippen LogP contribution in [0.3, 0.4) is 0 Å². The topological polar surface area (TPSA) is 46.0 Å². The maximum absolute atomic E-state index is 12.4. The Labute approximate surface area is 198 Å². The molecule has 34 heavy (non-hydrogen) atoms. The Hall–Kier alpha value is -2.30. The number of hydrogen-bond donors (Lipinski definition) is 0. The maximum Gasteiger partial charge on any atom is 0.573 e. The van der Waals surface area contributed by atoms with Crippen molar-refractivity contribution in [2.24, 2.45) is 5.92 Å². The highest BCUT2D eigenvalue weighted by Crippen LogP contribution is 2.29. The van der Waals surface area contributed by atoms with Crippen molar-refractivity contribution < 1.29 is 22.6 Å². The van der Waals surface area contributed by atoms with E-state index in [-0.39, 0.29) is 5.75 Å². The minimum atomic E-state index is -4.69. The lowest BCUT2D eigenvalue weighted by molar-refractivity contribution is -0.274. The number of piperidine rings is 1. The number of halogens is 3. The average molecular weight is 480 g/mol. The molecule has 2 aromatic rings. The van der Waals surface area contributed by atoms with Gasteiger partial charge in [-0.3, -0.25) is 9.80 Å². The van der Waals surface area contributed by atoms with Crippen LogP contribution < -0.4 is 9.64 Å². The maximum atomic E-state index is 12.4. The summed E-state index contributed by atoms with van der Waals surface area (Å²) in [6.45, 7) is 11.0. The van der Waals surface area contributed by atoms with Gasteiger partial charge in [-0.05, 0) is 49.9 Å². The van der Waals surface area contributed by atoms with Gasteiger partial charge in [-0.25, -0.2) is 4.68 Å². The molecule has 3 aliphatic heterocycles. The lowest BCUT2D eigenvalue weighted by Crippen LogP contribution is -2.57. The van der Waals surface area contributed by atoms with Crippen LogP contribution in [0.2, 0.25) is 0 Å². The van der Waals surface area contributed by atoms with E-state index in [9.17, 15) is 13.2 Å². The van der Waals surface area contributed by atoms with E-state index in [0.29, 0.717) is 11.7 Å². The second-order valence-electron chi connectivity index (χ2n) is 9.55. The smallest absolute Gasteiger partial charge is 0.406 e. The molecule has 1 aromatic heterocycles. The number of piperazine rings is 1. The highest BCUT2D eigenvalue weighted by molar-refractivity contribution is 5.45.